The average molecular weight is 297 g/mol. The molecule has 0 heterocycles. The monoisotopic (exact) mass is 297 g/mol. The van der Waals surface area contributed by atoms with E-state index in [0.29, 0.717) is 23.3 Å². The minimum absolute atomic E-state index is 0.165. The van der Waals surface area contributed by atoms with E-state index in [1.807, 2.05) is 6.07 Å². The van der Waals surface area contributed by atoms with Crippen molar-refractivity contribution in [3.63, 3.8) is 0 Å². The first-order chi connectivity index (χ1) is 9.32. The maximum atomic E-state index is 12.2. The molecule has 1 aromatic carbocycles. The summed E-state index contributed by atoms with van der Waals surface area (Å²) in [4.78, 5) is 0.165. The van der Waals surface area contributed by atoms with Gasteiger partial charge in [0.2, 0.25) is 10.0 Å². The first-order valence-corrected chi connectivity index (χ1v) is 8.34. The molecule has 1 aliphatic rings. The van der Waals surface area contributed by atoms with E-state index in [1.54, 1.807) is 12.1 Å². The maximum absolute atomic E-state index is 12.2. The van der Waals surface area contributed by atoms with E-state index in [9.17, 15) is 8.42 Å². The van der Waals surface area contributed by atoms with Gasteiger partial charge in [-0.3, -0.25) is 0 Å². The molecule has 3 N–H and O–H groups in total. The van der Waals surface area contributed by atoms with E-state index in [0.717, 1.165) is 12.8 Å². The Morgan fingerprint density at radius 3 is 2.55 bits per heavy atom. The zero-order valence-corrected chi connectivity index (χ0v) is 13.1. The SMILES string of the molecule is CC1CCC(Nc2cccc(S(=O)(=O)N(C)C)c2N)C1. The van der Waals surface area contributed by atoms with Crippen molar-refractivity contribution in [2.75, 3.05) is 25.1 Å². The smallest absolute Gasteiger partial charge is 0.244 e. The van der Waals surface area contributed by atoms with Crippen molar-refractivity contribution >= 4 is 21.4 Å². The fraction of sp³-hybridized carbons (Fsp3) is 0.571. The molecule has 1 aromatic rings. The molecule has 5 nitrogen and oxygen atoms in total. The van der Waals surface area contributed by atoms with Crippen molar-refractivity contribution < 1.29 is 8.42 Å². The van der Waals surface area contributed by atoms with Gasteiger partial charge >= 0.3 is 0 Å². The molecule has 2 rings (SSSR count). The van der Waals surface area contributed by atoms with Crippen LogP contribution in [0.25, 0.3) is 0 Å². The van der Waals surface area contributed by atoms with Crippen LogP contribution < -0.4 is 11.1 Å². The second-order valence-corrected chi connectivity index (χ2v) is 7.88. The Hall–Kier alpha value is -1.27. The van der Waals surface area contributed by atoms with Crippen LogP contribution in [0.4, 0.5) is 11.4 Å². The fourth-order valence-corrected chi connectivity index (χ4v) is 3.68. The average Bonchev–Trinajstić information content (AvgIpc) is 2.77. The highest BCUT2D eigenvalue weighted by atomic mass is 32.2. The summed E-state index contributed by atoms with van der Waals surface area (Å²) in [6, 6.07) is 5.50. The fourth-order valence-electron chi connectivity index (χ4n) is 2.65. The Kier molecular flexibility index (Phi) is 4.25. The van der Waals surface area contributed by atoms with Crippen molar-refractivity contribution in [1.29, 1.82) is 0 Å². The third-order valence-corrected chi connectivity index (χ3v) is 5.75. The van der Waals surface area contributed by atoms with Gasteiger partial charge in [-0.2, -0.15) is 0 Å². The normalized spacial score (nSPS) is 23.2. The van der Waals surface area contributed by atoms with Gasteiger partial charge in [-0.1, -0.05) is 13.0 Å². The number of nitrogens with two attached hydrogens (primary N) is 1. The van der Waals surface area contributed by atoms with Gasteiger partial charge < -0.3 is 11.1 Å². The lowest BCUT2D eigenvalue weighted by atomic mass is 10.1. The third-order valence-electron chi connectivity index (χ3n) is 3.88. The molecule has 2 unspecified atom stereocenters. The summed E-state index contributed by atoms with van der Waals surface area (Å²) in [7, 11) is -0.491. The van der Waals surface area contributed by atoms with Gasteiger partial charge in [-0.05, 0) is 37.3 Å². The van der Waals surface area contributed by atoms with Crippen LogP contribution in [0.15, 0.2) is 23.1 Å². The molecule has 0 saturated heterocycles. The first kappa shape index (κ1) is 15.1. The van der Waals surface area contributed by atoms with Crippen LogP contribution >= 0.6 is 0 Å². The molecular formula is C14H23N3O2S. The van der Waals surface area contributed by atoms with Gasteiger partial charge in [0.25, 0.3) is 0 Å². The number of hydrogen-bond donors (Lipinski definition) is 2. The Labute approximate surface area is 121 Å². The Bertz CT molecular complexity index is 584. The van der Waals surface area contributed by atoms with Gasteiger partial charge in [0.05, 0.1) is 11.4 Å². The van der Waals surface area contributed by atoms with Crippen molar-refractivity contribution in [3.05, 3.63) is 18.2 Å². The van der Waals surface area contributed by atoms with Crippen molar-refractivity contribution in [2.45, 2.75) is 37.1 Å². The quantitative estimate of drug-likeness (QED) is 0.835. The van der Waals surface area contributed by atoms with Gasteiger partial charge in [-0.25, -0.2) is 12.7 Å². The summed E-state index contributed by atoms with van der Waals surface area (Å²) < 4.78 is 25.6. The summed E-state index contributed by atoms with van der Waals surface area (Å²) in [6.07, 6.45) is 3.41. The predicted molar refractivity (Wildman–Crippen MR) is 82.2 cm³/mol. The Balaban J connectivity index is 2.28. The molecule has 0 aliphatic heterocycles. The molecule has 1 fully saturated rings. The molecule has 0 aromatic heterocycles. The summed E-state index contributed by atoms with van der Waals surface area (Å²) in [5.74, 6) is 0.711. The van der Waals surface area contributed by atoms with Crippen LogP contribution in [0.1, 0.15) is 26.2 Å². The first-order valence-electron chi connectivity index (χ1n) is 6.90. The zero-order chi connectivity index (χ0) is 14.9. The number of nitrogen functional groups attached to an aromatic ring is 1. The molecule has 1 aliphatic carbocycles. The van der Waals surface area contributed by atoms with E-state index in [2.05, 4.69) is 12.2 Å². The second-order valence-electron chi connectivity index (χ2n) is 5.76. The lowest BCUT2D eigenvalue weighted by molar-refractivity contribution is 0.521. The lowest BCUT2D eigenvalue weighted by Crippen LogP contribution is -2.24. The molecule has 0 radical (unpaired) electrons. The minimum atomic E-state index is -3.51. The van der Waals surface area contributed by atoms with Crippen LogP contribution in [0.2, 0.25) is 0 Å². The maximum Gasteiger partial charge on any atom is 0.244 e. The molecule has 0 spiro atoms. The number of nitrogens with one attached hydrogen (secondary N) is 1. The molecular weight excluding hydrogens is 274 g/mol. The molecule has 6 heteroatoms. The van der Waals surface area contributed by atoms with E-state index >= 15 is 0 Å². The van der Waals surface area contributed by atoms with E-state index in [1.165, 1.54) is 24.8 Å². The van der Waals surface area contributed by atoms with Gasteiger partial charge in [0.1, 0.15) is 4.90 Å². The number of hydrogen-bond acceptors (Lipinski definition) is 4. The minimum Gasteiger partial charge on any atom is -0.396 e. The topological polar surface area (TPSA) is 75.4 Å². The van der Waals surface area contributed by atoms with Crippen LogP contribution in [-0.4, -0.2) is 32.9 Å². The number of sulfonamides is 1. The van der Waals surface area contributed by atoms with Crippen molar-refractivity contribution in [1.82, 2.24) is 4.31 Å². The molecule has 0 bridgehead atoms. The summed E-state index contributed by atoms with van der Waals surface area (Å²) >= 11 is 0. The third kappa shape index (κ3) is 2.91. The molecule has 112 valence electrons. The van der Waals surface area contributed by atoms with E-state index < -0.39 is 10.0 Å². The second kappa shape index (κ2) is 5.61. The molecule has 1 saturated carbocycles. The zero-order valence-electron chi connectivity index (χ0n) is 12.3. The van der Waals surface area contributed by atoms with Gasteiger partial charge in [0, 0.05) is 20.1 Å². The Morgan fingerprint density at radius 2 is 2.00 bits per heavy atom. The van der Waals surface area contributed by atoms with Gasteiger partial charge in [-0.15, -0.1) is 0 Å². The van der Waals surface area contributed by atoms with Crippen molar-refractivity contribution in [3.8, 4) is 0 Å². The lowest BCUT2D eigenvalue weighted by Gasteiger charge is -2.19. The highest BCUT2D eigenvalue weighted by molar-refractivity contribution is 7.89. The molecule has 2 atom stereocenters. The summed E-state index contributed by atoms with van der Waals surface area (Å²) in [6.45, 7) is 2.23. The van der Waals surface area contributed by atoms with E-state index in [4.69, 9.17) is 5.73 Å². The number of para-hydroxylation sites is 1. The number of rotatable bonds is 4. The Morgan fingerprint density at radius 1 is 1.30 bits per heavy atom. The van der Waals surface area contributed by atoms with E-state index in [-0.39, 0.29) is 4.90 Å². The van der Waals surface area contributed by atoms with Crippen LogP contribution in [-0.2, 0) is 10.0 Å². The van der Waals surface area contributed by atoms with Crippen LogP contribution in [0.5, 0.6) is 0 Å². The largest absolute Gasteiger partial charge is 0.396 e. The van der Waals surface area contributed by atoms with Crippen LogP contribution in [0.3, 0.4) is 0 Å². The highest BCUT2D eigenvalue weighted by Crippen LogP contribution is 2.32. The molecule has 20 heavy (non-hydrogen) atoms. The molecule has 0 amide bonds. The predicted octanol–water partition coefficient (Wildman–Crippen LogP) is 2.12. The van der Waals surface area contributed by atoms with Gasteiger partial charge in [0.15, 0.2) is 0 Å². The summed E-state index contributed by atoms with van der Waals surface area (Å²) in [5, 5.41) is 3.38. The van der Waals surface area contributed by atoms with Crippen LogP contribution in [0, 0.1) is 5.92 Å². The highest BCUT2D eigenvalue weighted by Gasteiger charge is 2.24. The standard InChI is InChI=1S/C14H23N3O2S/c1-10-7-8-11(9-10)16-12-5-4-6-13(14(12)15)20(18,19)17(2)3/h4-6,10-11,16H,7-9,15H2,1-3H3. The van der Waals surface area contributed by atoms with Crippen molar-refractivity contribution in [2.24, 2.45) is 5.92 Å². The number of nitrogens with zero attached hydrogens (tertiary/aromatic N) is 1. The number of anilines is 2. The number of benzene rings is 1. The summed E-state index contributed by atoms with van der Waals surface area (Å²) in [5.41, 5.74) is 7.07.